The second-order valence-corrected chi connectivity index (χ2v) is 6.87. The van der Waals surface area contributed by atoms with Gasteiger partial charge < -0.3 is 10.2 Å². The van der Waals surface area contributed by atoms with Gasteiger partial charge in [0.25, 0.3) is 5.91 Å². The number of nitrogens with one attached hydrogen (secondary N) is 1. The van der Waals surface area contributed by atoms with E-state index < -0.39 is 0 Å². The third kappa shape index (κ3) is 3.86. The van der Waals surface area contributed by atoms with Crippen LogP contribution in [0.25, 0.3) is 0 Å². The molecule has 1 aliphatic rings. The van der Waals surface area contributed by atoms with Gasteiger partial charge in [0.15, 0.2) is 0 Å². The van der Waals surface area contributed by atoms with Gasteiger partial charge in [-0.05, 0) is 30.5 Å². The van der Waals surface area contributed by atoms with Crippen LogP contribution in [0.2, 0.25) is 0 Å². The predicted octanol–water partition coefficient (Wildman–Crippen LogP) is 3.42. The van der Waals surface area contributed by atoms with E-state index >= 15 is 0 Å². The molecule has 1 aromatic heterocycles. The van der Waals surface area contributed by atoms with Crippen molar-refractivity contribution in [3.63, 3.8) is 0 Å². The number of benzene rings is 2. The molecule has 0 radical (unpaired) electrons. The fourth-order valence-corrected chi connectivity index (χ4v) is 3.43. The fraction of sp³-hybridized carbons (Fsp3) is 0.227. The molecular weight excluding hydrogens is 355 g/mol. The first-order chi connectivity index (χ1) is 13.6. The van der Waals surface area contributed by atoms with Crippen molar-refractivity contribution >= 4 is 11.7 Å². The van der Waals surface area contributed by atoms with E-state index in [0.29, 0.717) is 11.4 Å². The predicted molar refractivity (Wildman–Crippen MR) is 106 cm³/mol. The fourth-order valence-electron chi connectivity index (χ4n) is 3.43. The SMILES string of the molecule is Cc1nc(C(=O)NCc2ccccc2F)cc(N2CCc3ccccc3C2)n1. The molecule has 4 rings (SSSR count). The van der Waals surface area contributed by atoms with Crippen LogP contribution in [0, 0.1) is 12.7 Å². The number of hydrogen-bond acceptors (Lipinski definition) is 4. The first kappa shape index (κ1) is 18.1. The minimum Gasteiger partial charge on any atom is -0.352 e. The lowest BCUT2D eigenvalue weighted by atomic mass is 10.00. The van der Waals surface area contributed by atoms with E-state index in [4.69, 9.17) is 0 Å². The highest BCUT2D eigenvalue weighted by Crippen LogP contribution is 2.23. The van der Waals surface area contributed by atoms with Crippen molar-refractivity contribution in [2.75, 3.05) is 11.4 Å². The maximum Gasteiger partial charge on any atom is 0.270 e. The summed E-state index contributed by atoms with van der Waals surface area (Å²) in [6, 6.07) is 16.5. The molecule has 1 amide bonds. The van der Waals surface area contributed by atoms with Crippen LogP contribution >= 0.6 is 0 Å². The normalized spacial score (nSPS) is 13.1. The van der Waals surface area contributed by atoms with E-state index in [9.17, 15) is 9.18 Å². The van der Waals surface area contributed by atoms with Crippen molar-refractivity contribution in [1.29, 1.82) is 0 Å². The Morgan fingerprint density at radius 3 is 2.68 bits per heavy atom. The number of nitrogens with zero attached hydrogens (tertiary/aromatic N) is 3. The van der Waals surface area contributed by atoms with Crippen molar-refractivity contribution in [1.82, 2.24) is 15.3 Å². The number of carbonyl (C=O) groups is 1. The Kier molecular flexibility index (Phi) is 5.02. The highest BCUT2D eigenvalue weighted by molar-refractivity contribution is 5.92. The largest absolute Gasteiger partial charge is 0.352 e. The minimum absolute atomic E-state index is 0.112. The molecule has 0 spiro atoms. The number of halogens is 1. The number of carbonyl (C=O) groups excluding carboxylic acids is 1. The van der Waals surface area contributed by atoms with E-state index in [-0.39, 0.29) is 24.0 Å². The third-order valence-corrected chi connectivity index (χ3v) is 4.91. The Bertz CT molecular complexity index is 1020. The van der Waals surface area contributed by atoms with Gasteiger partial charge in [-0.1, -0.05) is 42.5 Å². The van der Waals surface area contributed by atoms with Gasteiger partial charge in [-0.3, -0.25) is 4.79 Å². The molecule has 0 unspecified atom stereocenters. The van der Waals surface area contributed by atoms with Crippen LogP contribution in [0.1, 0.15) is 33.0 Å². The second-order valence-electron chi connectivity index (χ2n) is 6.87. The molecule has 5 nitrogen and oxygen atoms in total. The monoisotopic (exact) mass is 376 g/mol. The molecule has 0 fully saturated rings. The van der Waals surface area contributed by atoms with Gasteiger partial charge >= 0.3 is 0 Å². The maximum absolute atomic E-state index is 13.8. The Morgan fingerprint density at radius 1 is 1.11 bits per heavy atom. The number of aromatic nitrogens is 2. The molecule has 0 bridgehead atoms. The number of hydrogen-bond donors (Lipinski definition) is 1. The van der Waals surface area contributed by atoms with Gasteiger partial charge in [-0.2, -0.15) is 0 Å². The molecular formula is C22H21FN4O. The topological polar surface area (TPSA) is 58.1 Å². The average Bonchev–Trinajstić information content (AvgIpc) is 2.72. The van der Waals surface area contributed by atoms with Gasteiger partial charge in [0.05, 0.1) is 0 Å². The highest BCUT2D eigenvalue weighted by atomic mass is 19.1. The summed E-state index contributed by atoms with van der Waals surface area (Å²) < 4.78 is 13.8. The summed E-state index contributed by atoms with van der Waals surface area (Å²) in [5.74, 6) is 0.590. The van der Waals surface area contributed by atoms with Crippen LogP contribution in [-0.4, -0.2) is 22.4 Å². The number of aryl methyl sites for hydroxylation is 1. The van der Waals surface area contributed by atoms with Crippen LogP contribution in [-0.2, 0) is 19.5 Å². The van der Waals surface area contributed by atoms with E-state index in [1.165, 1.54) is 17.2 Å². The zero-order valence-electron chi connectivity index (χ0n) is 15.7. The number of anilines is 1. The van der Waals surface area contributed by atoms with Crippen LogP contribution < -0.4 is 10.2 Å². The molecule has 1 N–H and O–H groups in total. The molecule has 0 atom stereocenters. The molecule has 0 saturated carbocycles. The van der Waals surface area contributed by atoms with Crippen LogP contribution in [0.3, 0.4) is 0 Å². The van der Waals surface area contributed by atoms with E-state index in [2.05, 4.69) is 38.4 Å². The lowest BCUT2D eigenvalue weighted by Crippen LogP contribution is -2.32. The van der Waals surface area contributed by atoms with Gasteiger partial charge in [0.1, 0.15) is 23.2 Å². The lowest BCUT2D eigenvalue weighted by molar-refractivity contribution is 0.0945. The van der Waals surface area contributed by atoms with Gasteiger partial charge in [-0.25, -0.2) is 14.4 Å². The van der Waals surface area contributed by atoms with Crippen LogP contribution in [0.5, 0.6) is 0 Å². The smallest absolute Gasteiger partial charge is 0.270 e. The molecule has 1 aliphatic heterocycles. The molecule has 2 aromatic carbocycles. The summed E-state index contributed by atoms with van der Waals surface area (Å²) in [7, 11) is 0. The third-order valence-electron chi connectivity index (χ3n) is 4.91. The summed E-state index contributed by atoms with van der Waals surface area (Å²) in [6.07, 6.45) is 0.939. The van der Waals surface area contributed by atoms with Gasteiger partial charge in [0, 0.05) is 31.3 Å². The second kappa shape index (κ2) is 7.76. The van der Waals surface area contributed by atoms with Crippen LogP contribution in [0.15, 0.2) is 54.6 Å². The van der Waals surface area contributed by atoms with Crippen molar-refractivity contribution in [2.24, 2.45) is 0 Å². The minimum atomic E-state index is -0.340. The van der Waals surface area contributed by atoms with Gasteiger partial charge in [0.2, 0.25) is 0 Å². The first-order valence-corrected chi connectivity index (χ1v) is 9.29. The molecule has 2 heterocycles. The molecule has 28 heavy (non-hydrogen) atoms. The molecule has 0 aliphatic carbocycles. The van der Waals surface area contributed by atoms with Crippen molar-refractivity contribution in [3.8, 4) is 0 Å². The Balaban J connectivity index is 1.51. The van der Waals surface area contributed by atoms with Crippen LogP contribution in [0.4, 0.5) is 10.2 Å². The Labute approximate surface area is 163 Å². The van der Waals surface area contributed by atoms with Crippen molar-refractivity contribution in [3.05, 3.63) is 88.6 Å². The number of rotatable bonds is 4. The zero-order valence-corrected chi connectivity index (χ0v) is 15.7. The maximum atomic E-state index is 13.8. The average molecular weight is 376 g/mol. The molecule has 142 valence electrons. The summed E-state index contributed by atoms with van der Waals surface area (Å²) in [5.41, 5.74) is 3.36. The Morgan fingerprint density at radius 2 is 1.86 bits per heavy atom. The van der Waals surface area contributed by atoms with Gasteiger partial charge in [-0.15, -0.1) is 0 Å². The van der Waals surface area contributed by atoms with E-state index in [1.807, 2.05) is 6.07 Å². The standard InChI is InChI=1S/C22H21FN4O/c1-15-25-20(22(28)24-13-17-7-4-5-9-19(17)23)12-21(26-15)27-11-10-16-6-2-3-8-18(16)14-27/h2-9,12H,10-11,13-14H2,1H3,(H,24,28). The lowest BCUT2D eigenvalue weighted by Gasteiger charge is -2.30. The zero-order chi connectivity index (χ0) is 19.5. The molecule has 6 heteroatoms. The summed E-state index contributed by atoms with van der Waals surface area (Å²) in [6.45, 7) is 3.47. The number of amides is 1. The Hall–Kier alpha value is -3.28. The van der Waals surface area contributed by atoms with Crippen molar-refractivity contribution < 1.29 is 9.18 Å². The molecule has 0 saturated heterocycles. The number of fused-ring (bicyclic) bond motifs is 1. The summed E-state index contributed by atoms with van der Waals surface area (Å²) in [5, 5.41) is 2.74. The van der Waals surface area contributed by atoms with E-state index in [1.54, 1.807) is 31.2 Å². The highest BCUT2D eigenvalue weighted by Gasteiger charge is 2.19. The summed E-state index contributed by atoms with van der Waals surface area (Å²) in [4.78, 5) is 23.5. The van der Waals surface area contributed by atoms with E-state index in [0.717, 1.165) is 25.3 Å². The first-order valence-electron chi connectivity index (χ1n) is 9.29. The quantitative estimate of drug-likeness (QED) is 0.758. The molecule has 3 aromatic rings. The summed E-state index contributed by atoms with van der Waals surface area (Å²) >= 11 is 0. The van der Waals surface area contributed by atoms with Crippen molar-refractivity contribution in [2.45, 2.75) is 26.4 Å².